The Balaban J connectivity index is 1.53. The second kappa shape index (κ2) is 6.25. The monoisotopic (exact) mass is 324 g/mol. The minimum atomic E-state index is -0.416. The minimum Gasteiger partial charge on any atom is -0.444 e. The number of nitrogens with zero attached hydrogens (tertiary/aromatic N) is 1. The van der Waals surface area contributed by atoms with Crippen LogP contribution in [0.5, 0.6) is 0 Å². The molecule has 23 heavy (non-hydrogen) atoms. The molecule has 5 heteroatoms. The average Bonchev–Trinajstić information content (AvgIpc) is 2.68. The Bertz CT molecular complexity index is 423. The standard InChI is InChI=1S/C18H32N2O3/c1-17(2,3)23-16(21)20-14-6-7-15(20)11-13(10-14)19-12-18(22-4)8-5-9-18/h13-15,19H,5-12H2,1-4H3. The van der Waals surface area contributed by atoms with E-state index in [0.717, 1.165) is 32.2 Å². The third kappa shape index (κ3) is 3.66. The number of carbonyl (C=O) groups excluding carboxylic acids is 1. The zero-order valence-electron chi connectivity index (χ0n) is 15.1. The predicted octanol–water partition coefficient (Wildman–Crippen LogP) is 3.08. The van der Waals surface area contributed by atoms with E-state index in [-0.39, 0.29) is 11.7 Å². The summed E-state index contributed by atoms with van der Waals surface area (Å²) in [6, 6.07) is 1.17. The van der Waals surface area contributed by atoms with Crippen molar-refractivity contribution in [1.29, 1.82) is 0 Å². The lowest BCUT2D eigenvalue weighted by Gasteiger charge is -2.44. The summed E-state index contributed by atoms with van der Waals surface area (Å²) in [7, 11) is 1.83. The van der Waals surface area contributed by atoms with Crippen molar-refractivity contribution < 1.29 is 14.3 Å². The number of hydrogen-bond acceptors (Lipinski definition) is 4. The highest BCUT2D eigenvalue weighted by molar-refractivity contribution is 5.69. The smallest absolute Gasteiger partial charge is 0.410 e. The average molecular weight is 324 g/mol. The summed E-state index contributed by atoms with van der Waals surface area (Å²) in [6.45, 7) is 6.75. The van der Waals surface area contributed by atoms with Crippen molar-refractivity contribution >= 4 is 6.09 Å². The van der Waals surface area contributed by atoms with Crippen LogP contribution in [0.25, 0.3) is 0 Å². The van der Waals surface area contributed by atoms with Crippen LogP contribution in [-0.4, -0.2) is 54.0 Å². The van der Waals surface area contributed by atoms with Crippen molar-refractivity contribution in [2.24, 2.45) is 0 Å². The summed E-state index contributed by atoms with van der Waals surface area (Å²) in [5.41, 5.74) is -0.345. The van der Waals surface area contributed by atoms with Crippen LogP contribution in [0, 0.1) is 0 Å². The lowest BCUT2D eigenvalue weighted by Crippen LogP contribution is -2.56. The van der Waals surface area contributed by atoms with Gasteiger partial charge in [-0.1, -0.05) is 0 Å². The van der Waals surface area contributed by atoms with Gasteiger partial charge in [-0.25, -0.2) is 4.79 Å². The SMILES string of the molecule is COC1(CNC2CC3CCC(C2)N3C(=O)OC(C)(C)C)CCC1. The highest BCUT2D eigenvalue weighted by atomic mass is 16.6. The Kier molecular flexibility index (Phi) is 4.62. The number of rotatable bonds is 4. The minimum absolute atomic E-state index is 0.0708. The number of amides is 1. The maximum Gasteiger partial charge on any atom is 0.410 e. The lowest BCUT2D eigenvalue weighted by atomic mass is 9.79. The Labute approximate surface area is 140 Å². The van der Waals surface area contributed by atoms with Gasteiger partial charge < -0.3 is 19.7 Å². The first kappa shape index (κ1) is 17.0. The van der Waals surface area contributed by atoms with Gasteiger partial charge in [-0.05, 0) is 65.7 Å². The van der Waals surface area contributed by atoms with E-state index >= 15 is 0 Å². The zero-order valence-corrected chi connectivity index (χ0v) is 15.1. The van der Waals surface area contributed by atoms with Crippen molar-refractivity contribution in [2.45, 2.75) is 95.0 Å². The van der Waals surface area contributed by atoms with Crippen molar-refractivity contribution in [1.82, 2.24) is 10.2 Å². The first-order chi connectivity index (χ1) is 10.8. The maximum absolute atomic E-state index is 12.5. The third-order valence-corrected chi connectivity index (χ3v) is 5.75. The van der Waals surface area contributed by atoms with Gasteiger partial charge in [0.2, 0.25) is 0 Å². The highest BCUT2D eigenvalue weighted by Gasteiger charge is 2.45. The van der Waals surface area contributed by atoms with E-state index in [1.165, 1.54) is 19.3 Å². The molecule has 2 aliphatic heterocycles. The summed E-state index contributed by atoms with van der Waals surface area (Å²) < 4.78 is 11.3. The molecule has 1 saturated carbocycles. The van der Waals surface area contributed by atoms with Gasteiger partial charge in [0.05, 0.1) is 5.60 Å². The van der Waals surface area contributed by atoms with Crippen molar-refractivity contribution in [3.8, 4) is 0 Å². The van der Waals surface area contributed by atoms with Crippen LogP contribution in [0.15, 0.2) is 0 Å². The molecule has 0 spiro atoms. The van der Waals surface area contributed by atoms with Crippen LogP contribution >= 0.6 is 0 Å². The van der Waals surface area contributed by atoms with Crippen LogP contribution in [0.4, 0.5) is 4.79 Å². The topological polar surface area (TPSA) is 50.8 Å². The molecule has 0 aromatic carbocycles. The van der Waals surface area contributed by atoms with Crippen LogP contribution in [0.2, 0.25) is 0 Å². The summed E-state index contributed by atoms with van der Waals surface area (Å²) in [6.07, 6.45) is 7.77. The Morgan fingerprint density at radius 2 is 1.83 bits per heavy atom. The van der Waals surface area contributed by atoms with Gasteiger partial charge in [0.1, 0.15) is 5.60 Å². The van der Waals surface area contributed by atoms with Crippen molar-refractivity contribution in [3.05, 3.63) is 0 Å². The van der Waals surface area contributed by atoms with E-state index < -0.39 is 5.60 Å². The van der Waals surface area contributed by atoms with Gasteiger partial charge in [-0.15, -0.1) is 0 Å². The summed E-state index contributed by atoms with van der Waals surface area (Å²) in [5, 5.41) is 3.72. The van der Waals surface area contributed by atoms with E-state index in [1.807, 2.05) is 32.8 Å². The molecule has 3 aliphatic rings. The fourth-order valence-electron chi connectivity index (χ4n) is 4.31. The van der Waals surface area contributed by atoms with E-state index in [9.17, 15) is 4.79 Å². The van der Waals surface area contributed by atoms with E-state index in [2.05, 4.69) is 5.32 Å². The second-order valence-electron chi connectivity index (χ2n) is 8.56. The number of ether oxygens (including phenoxy) is 2. The fourth-order valence-corrected chi connectivity index (χ4v) is 4.31. The van der Waals surface area contributed by atoms with Gasteiger partial charge in [-0.3, -0.25) is 0 Å². The molecule has 2 bridgehead atoms. The van der Waals surface area contributed by atoms with Gasteiger partial charge in [0.15, 0.2) is 0 Å². The zero-order chi connectivity index (χ0) is 16.7. The summed E-state index contributed by atoms with van der Waals surface area (Å²) in [4.78, 5) is 14.5. The van der Waals surface area contributed by atoms with Crippen molar-refractivity contribution in [3.63, 3.8) is 0 Å². The molecule has 1 N–H and O–H groups in total. The van der Waals surface area contributed by atoms with E-state index in [0.29, 0.717) is 18.1 Å². The number of nitrogens with one attached hydrogen (secondary N) is 1. The molecule has 2 saturated heterocycles. The van der Waals surface area contributed by atoms with Crippen LogP contribution in [0.3, 0.4) is 0 Å². The molecule has 1 amide bonds. The number of carbonyl (C=O) groups is 1. The van der Waals surface area contributed by atoms with E-state index in [1.54, 1.807) is 0 Å². The third-order valence-electron chi connectivity index (χ3n) is 5.75. The van der Waals surface area contributed by atoms with Gasteiger partial charge in [0.25, 0.3) is 0 Å². The Morgan fingerprint density at radius 1 is 1.22 bits per heavy atom. The lowest BCUT2D eigenvalue weighted by molar-refractivity contribution is -0.0725. The molecule has 132 valence electrons. The Hall–Kier alpha value is -0.810. The van der Waals surface area contributed by atoms with Gasteiger partial charge in [-0.2, -0.15) is 0 Å². The molecule has 0 aromatic heterocycles. The molecule has 3 rings (SSSR count). The van der Waals surface area contributed by atoms with Crippen molar-refractivity contribution in [2.75, 3.05) is 13.7 Å². The predicted molar refractivity (Wildman–Crippen MR) is 89.5 cm³/mol. The Morgan fingerprint density at radius 3 is 2.26 bits per heavy atom. The molecule has 2 atom stereocenters. The normalized spacial score (nSPS) is 32.5. The molecule has 2 heterocycles. The molecular formula is C18H32N2O3. The number of fused-ring (bicyclic) bond motifs is 2. The molecule has 5 nitrogen and oxygen atoms in total. The largest absolute Gasteiger partial charge is 0.444 e. The summed E-state index contributed by atoms with van der Waals surface area (Å²) in [5.74, 6) is 0. The van der Waals surface area contributed by atoms with Gasteiger partial charge >= 0.3 is 6.09 Å². The highest BCUT2D eigenvalue weighted by Crippen LogP contribution is 2.38. The van der Waals surface area contributed by atoms with Crippen LogP contribution in [0.1, 0.15) is 65.7 Å². The molecule has 0 radical (unpaired) electrons. The summed E-state index contributed by atoms with van der Waals surface area (Å²) >= 11 is 0. The fraction of sp³-hybridized carbons (Fsp3) is 0.944. The molecule has 1 aliphatic carbocycles. The molecule has 0 aromatic rings. The first-order valence-electron chi connectivity index (χ1n) is 9.12. The second-order valence-corrected chi connectivity index (χ2v) is 8.56. The van der Waals surface area contributed by atoms with Gasteiger partial charge in [0, 0.05) is 31.8 Å². The van der Waals surface area contributed by atoms with Crippen LogP contribution in [-0.2, 0) is 9.47 Å². The molecule has 2 unspecified atom stereocenters. The number of piperidine rings is 1. The molecule has 3 fully saturated rings. The molecular weight excluding hydrogens is 292 g/mol. The number of methoxy groups -OCH3 is 1. The number of hydrogen-bond donors (Lipinski definition) is 1. The maximum atomic E-state index is 12.5. The van der Waals surface area contributed by atoms with E-state index in [4.69, 9.17) is 9.47 Å². The van der Waals surface area contributed by atoms with Crippen LogP contribution < -0.4 is 5.32 Å². The quantitative estimate of drug-likeness (QED) is 0.863. The first-order valence-corrected chi connectivity index (χ1v) is 9.12.